The maximum absolute atomic E-state index is 12.2. The van der Waals surface area contributed by atoms with Crippen molar-refractivity contribution < 1.29 is 13.9 Å². The standard InChI is InChI=1S/C22H16Cl2N2O3/c1-13-2-6-16(7-3-13)28-12-21(27)25-15-5-9-20-19(11-15)26-22(29-20)14-4-8-17(23)18(24)10-14/h2-11H,12H2,1H3,(H,25,27). The molecule has 0 aliphatic rings. The highest BCUT2D eigenvalue weighted by molar-refractivity contribution is 6.42. The summed E-state index contributed by atoms with van der Waals surface area (Å²) >= 11 is 12.0. The molecule has 0 bridgehead atoms. The Hall–Kier alpha value is -3.02. The summed E-state index contributed by atoms with van der Waals surface area (Å²) in [6.45, 7) is 1.90. The number of aromatic nitrogens is 1. The minimum Gasteiger partial charge on any atom is -0.484 e. The summed E-state index contributed by atoms with van der Waals surface area (Å²) in [4.78, 5) is 16.7. The van der Waals surface area contributed by atoms with E-state index in [1.54, 1.807) is 36.4 Å². The average Bonchev–Trinajstić information content (AvgIpc) is 3.13. The Bertz CT molecular complexity index is 1190. The number of amides is 1. The quantitative estimate of drug-likeness (QED) is 0.416. The van der Waals surface area contributed by atoms with E-state index >= 15 is 0 Å². The highest BCUT2D eigenvalue weighted by atomic mass is 35.5. The topological polar surface area (TPSA) is 64.4 Å². The Morgan fingerprint density at radius 2 is 1.83 bits per heavy atom. The van der Waals surface area contributed by atoms with Gasteiger partial charge in [-0.3, -0.25) is 4.79 Å². The number of carbonyl (C=O) groups is 1. The minimum absolute atomic E-state index is 0.0889. The van der Waals surface area contributed by atoms with Gasteiger partial charge >= 0.3 is 0 Å². The summed E-state index contributed by atoms with van der Waals surface area (Å²) in [5.41, 5.74) is 3.66. The second-order valence-corrected chi connectivity index (χ2v) is 7.29. The molecule has 0 saturated carbocycles. The molecule has 0 aliphatic heterocycles. The molecule has 29 heavy (non-hydrogen) atoms. The maximum Gasteiger partial charge on any atom is 0.262 e. The van der Waals surface area contributed by atoms with E-state index in [-0.39, 0.29) is 12.5 Å². The van der Waals surface area contributed by atoms with Gasteiger partial charge in [-0.15, -0.1) is 0 Å². The summed E-state index contributed by atoms with van der Waals surface area (Å²) in [5, 5.41) is 3.68. The van der Waals surface area contributed by atoms with E-state index in [4.69, 9.17) is 32.4 Å². The number of hydrogen-bond donors (Lipinski definition) is 1. The zero-order chi connectivity index (χ0) is 20.4. The monoisotopic (exact) mass is 426 g/mol. The number of ether oxygens (including phenoxy) is 1. The van der Waals surface area contributed by atoms with Crippen LogP contribution in [-0.2, 0) is 4.79 Å². The van der Waals surface area contributed by atoms with Crippen LogP contribution in [0, 0.1) is 6.92 Å². The number of halogens is 2. The number of carbonyl (C=O) groups excluding carboxylic acids is 1. The molecular formula is C22H16Cl2N2O3. The first-order valence-electron chi connectivity index (χ1n) is 8.83. The van der Waals surface area contributed by atoms with Crippen LogP contribution in [0.3, 0.4) is 0 Å². The van der Waals surface area contributed by atoms with E-state index in [0.717, 1.165) is 5.56 Å². The molecule has 5 nitrogen and oxygen atoms in total. The van der Waals surface area contributed by atoms with Crippen LogP contribution in [0.4, 0.5) is 5.69 Å². The molecule has 0 spiro atoms. The van der Waals surface area contributed by atoms with Crippen molar-refractivity contribution in [3.05, 3.63) is 76.3 Å². The van der Waals surface area contributed by atoms with Crippen LogP contribution in [0.1, 0.15) is 5.56 Å². The van der Waals surface area contributed by atoms with Gasteiger partial charge in [0, 0.05) is 11.3 Å². The first kappa shape index (κ1) is 19.3. The number of anilines is 1. The van der Waals surface area contributed by atoms with E-state index in [0.29, 0.717) is 44.0 Å². The largest absolute Gasteiger partial charge is 0.484 e. The number of hydrogen-bond acceptors (Lipinski definition) is 4. The van der Waals surface area contributed by atoms with Crippen molar-refractivity contribution in [3.63, 3.8) is 0 Å². The van der Waals surface area contributed by atoms with E-state index in [1.807, 2.05) is 31.2 Å². The zero-order valence-corrected chi connectivity index (χ0v) is 16.9. The molecule has 0 radical (unpaired) electrons. The normalized spacial score (nSPS) is 10.9. The number of nitrogens with one attached hydrogen (secondary N) is 1. The average molecular weight is 427 g/mol. The van der Waals surface area contributed by atoms with Crippen molar-refractivity contribution in [1.82, 2.24) is 4.98 Å². The highest BCUT2D eigenvalue weighted by Gasteiger charge is 2.12. The highest BCUT2D eigenvalue weighted by Crippen LogP contribution is 2.30. The van der Waals surface area contributed by atoms with Gasteiger partial charge in [-0.2, -0.15) is 0 Å². The van der Waals surface area contributed by atoms with E-state index < -0.39 is 0 Å². The molecule has 4 rings (SSSR count). The Morgan fingerprint density at radius 1 is 1.03 bits per heavy atom. The van der Waals surface area contributed by atoms with E-state index in [2.05, 4.69) is 10.3 Å². The number of oxazole rings is 1. The Balaban J connectivity index is 1.46. The summed E-state index contributed by atoms with van der Waals surface area (Å²) in [5.74, 6) is 0.798. The lowest BCUT2D eigenvalue weighted by molar-refractivity contribution is -0.118. The molecule has 4 aromatic rings. The van der Waals surface area contributed by atoms with Crippen LogP contribution in [-0.4, -0.2) is 17.5 Å². The predicted octanol–water partition coefficient (Wildman–Crippen LogP) is 6.13. The molecule has 146 valence electrons. The smallest absolute Gasteiger partial charge is 0.262 e. The van der Waals surface area contributed by atoms with Crippen LogP contribution < -0.4 is 10.1 Å². The van der Waals surface area contributed by atoms with Gasteiger partial charge in [0.25, 0.3) is 5.91 Å². The van der Waals surface area contributed by atoms with Gasteiger partial charge in [0.15, 0.2) is 12.2 Å². The Labute approximate surface area is 177 Å². The SMILES string of the molecule is Cc1ccc(OCC(=O)Nc2ccc3oc(-c4ccc(Cl)c(Cl)c4)nc3c2)cc1. The van der Waals surface area contributed by atoms with Crippen LogP contribution in [0.2, 0.25) is 10.0 Å². The molecule has 0 unspecified atom stereocenters. The second kappa shape index (κ2) is 8.15. The number of rotatable bonds is 5. The summed E-state index contributed by atoms with van der Waals surface area (Å²) in [6.07, 6.45) is 0. The van der Waals surface area contributed by atoms with Crippen molar-refractivity contribution in [2.45, 2.75) is 6.92 Å². The van der Waals surface area contributed by atoms with Gasteiger partial charge in [-0.05, 0) is 55.5 Å². The molecule has 3 aromatic carbocycles. The summed E-state index contributed by atoms with van der Waals surface area (Å²) in [7, 11) is 0. The maximum atomic E-state index is 12.2. The lowest BCUT2D eigenvalue weighted by atomic mass is 10.2. The molecule has 0 saturated heterocycles. The molecular weight excluding hydrogens is 411 g/mol. The van der Waals surface area contributed by atoms with Gasteiger partial charge < -0.3 is 14.5 Å². The van der Waals surface area contributed by atoms with Gasteiger partial charge in [-0.25, -0.2) is 4.98 Å². The van der Waals surface area contributed by atoms with Crippen LogP contribution in [0.25, 0.3) is 22.6 Å². The third-order valence-corrected chi connectivity index (χ3v) is 4.97. The van der Waals surface area contributed by atoms with Crippen LogP contribution in [0.5, 0.6) is 5.75 Å². The van der Waals surface area contributed by atoms with Gasteiger partial charge in [0.2, 0.25) is 5.89 Å². The van der Waals surface area contributed by atoms with E-state index in [9.17, 15) is 4.79 Å². The minimum atomic E-state index is -0.266. The molecule has 1 aromatic heterocycles. The summed E-state index contributed by atoms with van der Waals surface area (Å²) < 4.78 is 11.3. The van der Waals surface area contributed by atoms with Crippen LogP contribution >= 0.6 is 23.2 Å². The fourth-order valence-electron chi connectivity index (χ4n) is 2.74. The number of benzene rings is 3. The third-order valence-electron chi connectivity index (χ3n) is 4.23. The second-order valence-electron chi connectivity index (χ2n) is 6.48. The molecule has 1 heterocycles. The number of nitrogens with zero attached hydrogens (tertiary/aromatic N) is 1. The fourth-order valence-corrected chi connectivity index (χ4v) is 3.04. The molecule has 1 amide bonds. The van der Waals surface area contributed by atoms with Gasteiger partial charge in [0.05, 0.1) is 10.0 Å². The molecule has 0 fully saturated rings. The molecule has 0 aliphatic carbocycles. The number of aryl methyl sites for hydroxylation is 1. The lowest BCUT2D eigenvalue weighted by Gasteiger charge is -2.07. The van der Waals surface area contributed by atoms with E-state index in [1.165, 1.54) is 0 Å². The van der Waals surface area contributed by atoms with Gasteiger partial charge in [0.1, 0.15) is 11.3 Å². The Kier molecular flexibility index (Phi) is 5.43. The van der Waals surface area contributed by atoms with Crippen molar-refractivity contribution in [3.8, 4) is 17.2 Å². The van der Waals surface area contributed by atoms with Crippen molar-refractivity contribution in [1.29, 1.82) is 0 Å². The fraction of sp³-hybridized carbons (Fsp3) is 0.0909. The van der Waals surface area contributed by atoms with Gasteiger partial charge in [-0.1, -0.05) is 40.9 Å². The number of fused-ring (bicyclic) bond motifs is 1. The summed E-state index contributed by atoms with van der Waals surface area (Å²) in [6, 6.07) is 17.9. The zero-order valence-electron chi connectivity index (χ0n) is 15.4. The third kappa shape index (κ3) is 4.53. The predicted molar refractivity (Wildman–Crippen MR) is 115 cm³/mol. The van der Waals surface area contributed by atoms with Crippen LogP contribution in [0.15, 0.2) is 65.1 Å². The molecule has 1 N–H and O–H groups in total. The lowest BCUT2D eigenvalue weighted by Crippen LogP contribution is -2.20. The van der Waals surface area contributed by atoms with Crippen molar-refractivity contribution in [2.24, 2.45) is 0 Å². The first-order chi connectivity index (χ1) is 14.0. The van der Waals surface area contributed by atoms with Crippen molar-refractivity contribution >= 4 is 45.9 Å². The molecule has 0 atom stereocenters. The van der Waals surface area contributed by atoms with Crippen molar-refractivity contribution in [2.75, 3.05) is 11.9 Å². The molecule has 7 heteroatoms. The Morgan fingerprint density at radius 3 is 2.59 bits per heavy atom. The first-order valence-corrected chi connectivity index (χ1v) is 9.59.